The fourth-order valence-electron chi connectivity index (χ4n) is 4.85. The van der Waals surface area contributed by atoms with E-state index in [9.17, 15) is 14.0 Å². The van der Waals surface area contributed by atoms with Crippen molar-refractivity contribution in [2.45, 2.75) is 36.9 Å². The molecular weight excluding hydrogens is 435 g/mol. The van der Waals surface area contributed by atoms with Crippen LogP contribution in [0.4, 0.5) is 10.1 Å². The van der Waals surface area contributed by atoms with Gasteiger partial charge in [-0.15, -0.1) is 11.8 Å². The van der Waals surface area contributed by atoms with Gasteiger partial charge in [0.25, 0.3) is 11.8 Å². The lowest BCUT2D eigenvalue weighted by Gasteiger charge is -2.33. The molecule has 0 bridgehead atoms. The van der Waals surface area contributed by atoms with Gasteiger partial charge >= 0.3 is 0 Å². The average molecular weight is 461 g/mol. The van der Waals surface area contributed by atoms with Crippen molar-refractivity contribution < 1.29 is 14.0 Å². The molecular formula is C27H25FN2O2S. The van der Waals surface area contributed by atoms with Crippen molar-refractivity contribution in [1.29, 1.82) is 0 Å². The van der Waals surface area contributed by atoms with Gasteiger partial charge in [0.2, 0.25) is 0 Å². The van der Waals surface area contributed by atoms with E-state index >= 15 is 0 Å². The summed E-state index contributed by atoms with van der Waals surface area (Å²) in [7, 11) is 0. The third-order valence-electron chi connectivity index (χ3n) is 6.38. The van der Waals surface area contributed by atoms with E-state index in [0.717, 1.165) is 22.4 Å². The number of amides is 2. The van der Waals surface area contributed by atoms with Crippen LogP contribution in [0.5, 0.6) is 0 Å². The summed E-state index contributed by atoms with van der Waals surface area (Å²) in [5.74, 6) is -1.21. The molecule has 0 aliphatic carbocycles. The Morgan fingerprint density at radius 3 is 2.42 bits per heavy atom. The molecule has 0 radical (unpaired) electrons. The van der Waals surface area contributed by atoms with Crippen LogP contribution in [0, 0.1) is 12.7 Å². The number of anilines is 1. The molecule has 4 nitrogen and oxygen atoms in total. The lowest BCUT2D eigenvalue weighted by Crippen LogP contribution is -2.50. The van der Waals surface area contributed by atoms with Crippen LogP contribution >= 0.6 is 11.8 Å². The first kappa shape index (κ1) is 21.7. The number of nitrogens with zero attached hydrogens (tertiary/aromatic N) is 2. The molecule has 1 atom stereocenters. The Labute approximate surface area is 197 Å². The van der Waals surface area contributed by atoms with E-state index < -0.39 is 16.6 Å². The molecule has 2 aliphatic heterocycles. The first-order valence-electron chi connectivity index (χ1n) is 11.0. The fourth-order valence-corrected chi connectivity index (χ4v) is 6.58. The van der Waals surface area contributed by atoms with Gasteiger partial charge in [0.05, 0.1) is 17.8 Å². The van der Waals surface area contributed by atoms with Crippen LogP contribution in [0.25, 0.3) is 0 Å². The Bertz CT molecular complexity index is 1270. The number of hydrogen-bond donors (Lipinski definition) is 0. The summed E-state index contributed by atoms with van der Waals surface area (Å²) in [6, 6.07) is 21.6. The molecule has 2 heterocycles. The highest BCUT2D eigenvalue weighted by Gasteiger charge is 2.63. The quantitative estimate of drug-likeness (QED) is 0.518. The number of carbonyl (C=O) groups is 2. The smallest absolute Gasteiger partial charge is 0.268 e. The maximum absolute atomic E-state index is 14.6. The van der Waals surface area contributed by atoms with Gasteiger partial charge in [-0.25, -0.2) is 4.39 Å². The van der Waals surface area contributed by atoms with Crippen molar-refractivity contribution in [1.82, 2.24) is 4.90 Å². The number of hydrogen-bond acceptors (Lipinski definition) is 3. The normalized spacial score (nSPS) is 21.0. The summed E-state index contributed by atoms with van der Waals surface area (Å²) >= 11 is 1.48. The number of carbonyl (C=O) groups excluding carboxylic acids is 2. The van der Waals surface area contributed by atoms with E-state index in [1.165, 1.54) is 23.9 Å². The van der Waals surface area contributed by atoms with Gasteiger partial charge in [0.1, 0.15) is 5.82 Å². The van der Waals surface area contributed by atoms with Crippen LogP contribution in [0.15, 0.2) is 72.8 Å². The highest BCUT2D eigenvalue weighted by atomic mass is 32.2. The first-order chi connectivity index (χ1) is 15.7. The molecule has 1 fully saturated rings. The Balaban J connectivity index is 1.65. The second-order valence-electron chi connectivity index (χ2n) is 9.21. The van der Waals surface area contributed by atoms with Crippen molar-refractivity contribution in [3.8, 4) is 0 Å². The van der Waals surface area contributed by atoms with E-state index in [1.54, 1.807) is 21.9 Å². The second-order valence-corrected chi connectivity index (χ2v) is 11.1. The Morgan fingerprint density at radius 1 is 1.00 bits per heavy atom. The maximum Gasteiger partial charge on any atom is 0.268 e. The summed E-state index contributed by atoms with van der Waals surface area (Å²) in [4.78, 5) is 30.0. The summed E-state index contributed by atoms with van der Waals surface area (Å²) in [6.07, 6.45) is 0. The minimum atomic E-state index is -1.23. The number of benzene rings is 3. The topological polar surface area (TPSA) is 40.6 Å². The zero-order chi connectivity index (χ0) is 23.4. The zero-order valence-electron chi connectivity index (χ0n) is 18.8. The van der Waals surface area contributed by atoms with E-state index in [4.69, 9.17) is 0 Å². The van der Waals surface area contributed by atoms with Crippen LogP contribution in [0.2, 0.25) is 0 Å². The van der Waals surface area contributed by atoms with Crippen LogP contribution in [-0.2, 0) is 16.2 Å². The van der Waals surface area contributed by atoms with Gasteiger partial charge in [0.15, 0.2) is 4.87 Å². The molecule has 0 aromatic heterocycles. The lowest BCUT2D eigenvalue weighted by molar-refractivity contribution is -0.123. The predicted octanol–water partition coefficient (Wildman–Crippen LogP) is 5.50. The monoisotopic (exact) mass is 460 g/mol. The maximum atomic E-state index is 14.6. The van der Waals surface area contributed by atoms with Crippen LogP contribution in [0.1, 0.15) is 40.9 Å². The third kappa shape index (κ3) is 3.35. The number of halogens is 1. The van der Waals surface area contributed by atoms with Crippen molar-refractivity contribution in [3.63, 3.8) is 0 Å². The zero-order valence-corrected chi connectivity index (χ0v) is 19.7. The van der Waals surface area contributed by atoms with Gasteiger partial charge in [0, 0.05) is 16.9 Å². The van der Waals surface area contributed by atoms with Crippen molar-refractivity contribution in [2.24, 2.45) is 0 Å². The number of para-hydroxylation sites is 1. The lowest BCUT2D eigenvalue weighted by atomic mass is 10.0. The molecule has 3 aromatic carbocycles. The predicted molar refractivity (Wildman–Crippen MR) is 130 cm³/mol. The highest BCUT2D eigenvalue weighted by molar-refractivity contribution is 8.02. The van der Waals surface area contributed by atoms with Gasteiger partial charge in [-0.1, -0.05) is 54.6 Å². The highest BCUT2D eigenvalue weighted by Crippen LogP contribution is 2.60. The standard InChI is InChI=1S/C27H25FN2O2S/c1-18-10-4-5-11-19(18)16-29-23-15-9-7-13-21(23)27(25(29)32)30(17-26(2,3)33-27)24(31)20-12-6-8-14-22(20)28/h4-15H,16-17H2,1-3H3. The Hall–Kier alpha value is -3.12. The molecule has 1 unspecified atom stereocenters. The van der Waals surface area contributed by atoms with Crippen molar-refractivity contribution >= 4 is 29.3 Å². The number of rotatable bonds is 3. The molecule has 2 amide bonds. The molecule has 1 spiro atoms. The minimum absolute atomic E-state index is 0.0159. The van der Waals surface area contributed by atoms with E-state index in [2.05, 4.69) is 0 Å². The fraction of sp³-hybridized carbons (Fsp3) is 0.259. The van der Waals surface area contributed by atoms with Gasteiger partial charge < -0.3 is 9.80 Å². The molecule has 1 saturated heterocycles. The minimum Gasteiger partial charge on any atom is -0.310 e. The van der Waals surface area contributed by atoms with Crippen LogP contribution in [0.3, 0.4) is 0 Å². The molecule has 168 valence electrons. The largest absolute Gasteiger partial charge is 0.310 e. The number of fused-ring (bicyclic) bond motifs is 2. The summed E-state index contributed by atoms with van der Waals surface area (Å²) in [5, 5.41) is 0. The molecule has 0 saturated carbocycles. The molecule has 33 heavy (non-hydrogen) atoms. The molecule has 3 aromatic rings. The summed E-state index contributed by atoms with van der Waals surface area (Å²) in [5.41, 5.74) is 3.71. The first-order valence-corrected chi connectivity index (χ1v) is 11.8. The van der Waals surface area contributed by atoms with E-state index in [1.807, 2.05) is 69.3 Å². The van der Waals surface area contributed by atoms with Crippen LogP contribution in [-0.4, -0.2) is 28.0 Å². The third-order valence-corrected chi connectivity index (χ3v) is 7.97. The van der Waals surface area contributed by atoms with Crippen molar-refractivity contribution in [2.75, 3.05) is 11.4 Å². The Morgan fingerprint density at radius 2 is 1.67 bits per heavy atom. The SMILES string of the molecule is Cc1ccccc1CN1C(=O)C2(SC(C)(C)CN2C(=O)c2ccccc2F)c2ccccc21. The second kappa shape index (κ2) is 7.73. The number of aryl methyl sites for hydroxylation is 1. The van der Waals surface area contributed by atoms with E-state index in [0.29, 0.717) is 13.1 Å². The molecule has 2 aliphatic rings. The Kier molecular flexibility index (Phi) is 5.09. The van der Waals surface area contributed by atoms with E-state index in [-0.39, 0.29) is 16.2 Å². The average Bonchev–Trinajstić information content (AvgIpc) is 3.21. The van der Waals surface area contributed by atoms with Crippen LogP contribution < -0.4 is 4.90 Å². The van der Waals surface area contributed by atoms with Gasteiger partial charge in [-0.2, -0.15) is 0 Å². The molecule has 6 heteroatoms. The van der Waals surface area contributed by atoms with Gasteiger partial charge in [-0.05, 0) is 50.1 Å². The molecule has 5 rings (SSSR count). The van der Waals surface area contributed by atoms with Crippen molar-refractivity contribution in [3.05, 3.63) is 101 Å². The van der Waals surface area contributed by atoms with Gasteiger partial charge in [-0.3, -0.25) is 9.59 Å². The molecule has 0 N–H and O–H groups in total. The number of thioether (sulfide) groups is 1. The summed E-state index contributed by atoms with van der Waals surface area (Å²) in [6.45, 7) is 6.82. The summed E-state index contributed by atoms with van der Waals surface area (Å²) < 4.78 is 14.2.